The summed E-state index contributed by atoms with van der Waals surface area (Å²) < 4.78 is 67.1. The summed E-state index contributed by atoms with van der Waals surface area (Å²) in [7, 11) is 0. The number of esters is 9. The second kappa shape index (κ2) is 31.1. The van der Waals surface area contributed by atoms with E-state index in [1.54, 1.807) is 0 Å². The van der Waals surface area contributed by atoms with E-state index in [9.17, 15) is 171 Å². The maximum atomic E-state index is 15.6. The van der Waals surface area contributed by atoms with Crippen LogP contribution in [-0.2, 0) is 52.2 Å². The van der Waals surface area contributed by atoms with Gasteiger partial charge in [0, 0.05) is 34.4 Å². The standard InChI is InChI=1S/C75H52O48/c76-13-38(62(119-66(103)16-1-25(77)44(88)26(78)2-16)61-35(87)14-112-69(106)19-7-30(82)47(91)53(97)40(19)42-21(71(108)118-61)9-32(84)49(93)55(42)99)116-73(110)23-11-34(86)51(95)57(101)59(23)115-37-12-24-60(58(102)52(37)96)114-36-6-18(5-29(81)46(36)90)68(105)123-75-65(122-74(24)111)64(121-67(104)17-3-27(79)45(89)28(80)4-17)63-39(117-75)15-113-70(107)20-8-31(83)48(92)54(98)41(20)43-22(72(109)120-63)10-33(85)50(94)56(43)100/h1-13,35,38-39,61-65,75,77-102H,14-15H2/t35-,38+,39-,61-,62-,63-,64-,65-,75-/m0/s1. The predicted molar refractivity (Wildman–Crippen MR) is 380 cm³/mol. The number of aromatic hydroxyl groups is 25. The van der Waals surface area contributed by atoms with E-state index in [1.807, 2.05) is 0 Å². The highest BCUT2D eigenvalue weighted by Crippen LogP contribution is 2.58. The summed E-state index contributed by atoms with van der Waals surface area (Å²) in [5, 5.41) is 285. The van der Waals surface area contributed by atoms with Crippen LogP contribution >= 0.6 is 0 Å². The van der Waals surface area contributed by atoms with Gasteiger partial charge >= 0.3 is 53.7 Å². The van der Waals surface area contributed by atoms with Gasteiger partial charge in [-0.05, 0) is 60.7 Å². The molecule has 0 amide bonds. The van der Waals surface area contributed by atoms with Gasteiger partial charge in [-0.1, -0.05) is 0 Å². The molecule has 4 aliphatic rings. The molecule has 48 heteroatoms. The topological polar surface area (TPSA) is 807 Å². The van der Waals surface area contributed by atoms with Crippen molar-refractivity contribution in [1.82, 2.24) is 0 Å². The van der Waals surface area contributed by atoms with Crippen LogP contribution in [0.3, 0.4) is 0 Å². The molecule has 640 valence electrons. The number of phenols is 25. The second-order valence-electron chi connectivity index (χ2n) is 26.3. The van der Waals surface area contributed by atoms with Crippen molar-refractivity contribution in [3.63, 3.8) is 0 Å². The number of carbonyl (C=O) groups is 10. The normalized spacial score (nSPS) is 18.6. The lowest BCUT2D eigenvalue weighted by Gasteiger charge is -2.44. The van der Waals surface area contributed by atoms with E-state index in [1.165, 1.54) is 0 Å². The molecule has 2 bridgehead atoms. The number of aldehydes is 1. The Bertz CT molecular complexity index is 6080. The van der Waals surface area contributed by atoms with Crippen LogP contribution in [-0.4, -0.2) is 261 Å². The third-order valence-electron chi connectivity index (χ3n) is 18.8. The van der Waals surface area contributed by atoms with E-state index >= 15 is 9.59 Å². The van der Waals surface area contributed by atoms with Crippen molar-refractivity contribution < 1.29 is 238 Å². The molecule has 0 saturated carbocycles. The smallest absolute Gasteiger partial charge is 0.343 e. The Labute approximate surface area is 675 Å². The fourth-order valence-corrected chi connectivity index (χ4v) is 12.8. The Morgan fingerprint density at radius 1 is 0.382 bits per heavy atom. The van der Waals surface area contributed by atoms with Crippen LogP contribution < -0.4 is 9.47 Å². The van der Waals surface area contributed by atoms with Crippen LogP contribution in [0.25, 0.3) is 22.3 Å². The molecule has 4 heterocycles. The average molecular weight is 1720 g/mol. The van der Waals surface area contributed by atoms with Gasteiger partial charge in [0.25, 0.3) is 0 Å². The first kappa shape index (κ1) is 83.3. The SMILES string of the molecule is O=C[C@@H](OC(=O)c1cc(O)c(O)c(O)c1Oc1cc2c(c(O)c1O)Oc1cc(cc(O)c1O)C(=O)O[C@@H]1O[C@H]3COC(=O)c4cc(O)c(O)c(O)c4-c4c(cc(O)c(O)c4O)C(=O)O[C@@H]3[C@H](OC(=O)c3cc(O)c(O)c(O)c3)[C@@H]1OC2=O)[C@H](OC(=O)c1cc(O)c(O)c(O)c1)[C@H]1OC(=O)c2cc(O)c(O)c(O)c2-c2c(cc(O)c(O)c2O)C(=O)OC[C@@H]1O. The first-order valence-corrected chi connectivity index (χ1v) is 33.9. The number of phenolic OH excluding ortho intramolecular Hbond substituents is 25. The molecule has 0 aromatic heterocycles. The molecular formula is C75H52O48. The highest BCUT2D eigenvalue weighted by Gasteiger charge is 2.56. The first-order valence-electron chi connectivity index (χ1n) is 33.9. The molecule has 0 aliphatic carbocycles. The lowest BCUT2D eigenvalue weighted by atomic mass is 9.92. The van der Waals surface area contributed by atoms with Crippen molar-refractivity contribution in [2.24, 2.45) is 0 Å². The number of cyclic esters (lactones) is 3. The Hall–Kier alpha value is -17.6. The Morgan fingerprint density at radius 3 is 1.30 bits per heavy atom. The van der Waals surface area contributed by atoms with E-state index in [0.29, 0.717) is 48.5 Å². The van der Waals surface area contributed by atoms with Gasteiger partial charge in [-0.25, -0.2) is 43.2 Å². The number of benzene rings is 9. The summed E-state index contributed by atoms with van der Waals surface area (Å²) in [5.41, 5.74) is -16.1. The minimum absolute atomic E-state index is 0.0677. The molecular weight excluding hydrogens is 1670 g/mol. The number of hydrogen-bond donors (Lipinski definition) is 26. The maximum absolute atomic E-state index is 15.6. The Balaban J connectivity index is 0.937. The van der Waals surface area contributed by atoms with Crippen LogP contribution in [0.2, 0.25) is 0 Å². The van der Waals surface area contributed by atoms with Gasteiger partial charge in [0.1, 0.15) is 36.5 Å². The third-order valence-corrected chi connectivity index (χ3v) is 18.8. The molecule has 9 atom stereocenters. The van der Waals surface area contributed by atoms with E-state index < -0.39 is 367 Å². The van der Waals surface area contributed by atoms with Gasteiger partial charge in [-0.15, -0.1) is 0 Å². The number of rotatable bonds is 11. The zero-order valence-electron chi connectivity index (χ0n) is 60.2. The summed E-state index contributed by atoms with van der Waals surface area (Å²) in [6, 6.07) is 3.81. The van der Waals surface area contributed by atoms with Crippen molar-refractivity contribution in [2.75, 3.05) is 13.2 Å². The zero-order valence-corrected chi connectivity index (χ0v) is 60.2. The van der Waals surface area contributed by atoms with Crippen LogP contribution in [0.15, 0.2) is 72.8 Å². The molecule has 1 saturated heterocycles. The summed E-state index contributed by atoms with van der Waals surface area (Å²) in [6.45, 7) is -3.10. The molecule has 26 N–H and O–H groups in total. The van der Waals surface area contributed by atoms with Crippen LogP contribution in [0.4, 0.5) is 0 Å². The summed E-state index contributed by atoms with van der Waals surface area (Å²) in [5.74, 6) is -61.6. The lowest BCUT2D eigenvalue weighted by Crippen LogP contribution is -2.63. The summed E-state index contributed by atoms with van der Waals surface area (Å²) in [6.07, 6.45) is -26.5. The van der Waals surface area contributed by atoms with Crippen LogP contribution in [0.1, 0.15) is 93.2 Å². The zero-order chi connectivity index (χ0) is 89.7. The third kappa shape index (κ3) is 14.5. The number of hydrogen-bond acceptors (Lipinski definition) is 48. The maximum Gasteiger partial charge on any atom is 0.343 e. The molecule has 123 heavy (non-hydrogen) atoms. The average Bonchev–Trinajstić information content (AvgIpc) is 1.73. The number of ether oxygens (including phenoxy) is 12. The number of aliphatic hydroxyl groups excluding tert-OH is 1. The first-order chi connectivity index (χ1) is 57.9. The predicted octanol–water partition coefficient (Wildman–Crippen LogP) is 2.99. The van der Waals surface area contributed by atoms with Gasteiger partial charge in [0.05, 0.1) is 38.9 Å². The van der Waals surface area contributed by atoms with Crippen molar-refractivity contribution in [2.45, 2.75) is 55.1 Å². The molecule has 0 spiro atoms. The van der Waals surface area contributed by atoms with Crippen molar-refractivity contribution in [1.29, 1.82) is 0 Å². The van der Waals surface area contributed by atoms with Gasteiger partial charge < -0.3 is 190 Å². The lowest BCUT2D eigenvalue weighted by molar-refractivity contribution is -0.282. The van der Waals surface area contributed by atoms with Gasteiger partial charge in [0.15, 0.2) is 152 Å². The summed E-state index contributed by atoms with van der Waals surface area (Å²) in [4.78, 5) is 146. The highest BCUT2D eigenvalue weighted by molar-refractivity contribution is 6.10. The molecule has 9 aromatic rings. The van der Waals surface area contributed by atoms with Gasteiger partial charge in [-0.3, -0.25) is 4.79 Å². The minimum Gasteiger partial charge on any atom is -0.504 e. The monoisotopic (exact) mass is 1720 g/mol. The number of fused-ring (bicyclic) bond motifs is 11. The van der Waals surface area contributed by atoms with E-state index in [4.69, 9.17) is 56.8 Å². The molecule has 0 unspecified atom stereocenters. The Morgan fingerprint density at radius 2 is 0.805 bits per heavy atom. The van der Waals surface area contributed by atoms with Crippen molar-refractivity contribution in [3.8, 4) is 189 Å². The Kier molecular flexibility index (Phi) is 21.1. The van der Waals surface area contributed by atoms with Gasteiger partial charge in [-0.2, -0.15) is 0 Å². The largest absolute Gasteiger partial charge is 0.504 e. The molecule has 0 radical (unpaired) electrons. The summed E-state index contributed by atoms with van der Waals surface area (Å²) >= 11 is 0. The molecule has 9 aromatic carbocycles. The second-order valence-corrected chi connectivity index (χ2v) is 26.3. The van der Waals surface area contributed by atoms with E-state index in [0.717, 1.165) is 0 Å². The van der Waals surface area contributed by atoms with Crippen LogP contribution in [0, 0.1) is 0 Å². The highest BCUT2D eigenvalue weighted by atomic mass is 16.8. The molecule has 1 fully saturated rings. The fourth-order valence-electron chi connectivity index (χ4n) is 12.8. The fraction of sp³-hybridized carbons (Fsp3) is 0.147. The van der Waals surface area contributed by atoms with E-state index in [2.05, 4.69) is 0 Å². The molecule has 13 rings (SSSR count). The van der Waals surface area contributed by atoms with Crippen molar-refractivity contribution in [3.05, 3.63) is 123 Å². The molecule has 48 nitrogen and oxygen atoms in total. The van der Waals surface area contributed by atoms with E-state index in [-0.39, 0.29) is 24.3 Å². The number of carbonyl (C=O) groups excluding carboxylic acids is 10. The molecule has 4 aliphatic heterocycles. The van der Waals surface area contributed by atoms with Crippen molar-refractivity contribution >= 4 is 60.0 Å². The number of aliphatic hydroxyl groups is 1. The van der Waals surface area contributed by atoms with Crippen LogP contribution in [0.5, 0.6) is 167 Å². The minimum atomic E-state index is -3.12. The van der Waals surface area contributed by atoms with Gasteiger partial charge in [0.2, 0.25) is 64.1 Å². The quantitative estimate of drug-likeness (QED) is 0.0383.